The average molecular weight is 538 g/mol. The molecule has 1 fully saturated rings. The van der Waals surface area contributed by atoms with E-state index in [4.69, 9.17) is 4.74 Å². The minimum Gasteiger partial charge on any atom is -0.437 e. The highest BCUT2D eigenvalue weighted by atomic mass is 32.2. The van der Waals surface area contributed by atoms with Crippen LogP contribution in [-0.4, -0.2) is 53.5 Å². The lowest BCUT2D eigenvalue weighted by Gasteiger charge is -2.12. The van der Waals surface area contributed by atoms with Crippen molar-refractivity contribution < 1.29 is 22.3 Å². The molecule has 2 aromatic carbocycles. The molecule has 0 saturated heterocycles. The number of rotatable bonds is 10. The number of halogens is 1. The maximum Gasteiger partial charge on any atom is 0.251 e. The van der Waals surface area contributed by atoms with Crippen LogP contribution in [0.3, 0.4) is 0 Å². The van der Waals surface area contributed by atoms with E-state index >= 15 is 0 Å². The second-order valence-electron chi connectivity index (χ2n) is 9.52. The zero-order valence-corrected chi connectivity index (χ0v) is 21.9. The normalized spacial score (nSPS) is 13.4. The molecule has 1 aliphatic rings. The Hall–Kier alpha value is -3.99. The molecule has 1 amide bonds. The number of hydrogen-bond acceptors (Lipinski definition) is 7. The van der Waals surface area contributed by atoms with E-state index in [0.717, 1.165) is 24.0 Å². The summed E-state index contributed by atoms with van der Waals surface area (Å²) >= 11 is 0. The minimum absolute atomic E-state index is 0.0493. The number of carbonyl (C=O) groups is 1. The highest BCUT2D eigenvalue weighted by molar-refractivity contribution is 7.90. The minimum atomic E-state index is -3.08. The quantitative estimate of drug-likeness (QED) is 0.289. The van der Waals surface area contributed by atoms with Crippen LogP contribution in [0.4, 0.5) is 10.1 Å². The SMILES string of the molecule is Cc1cc(-c2cnc3c(NCCCS(C)(=O)=O)cc(Oc4cccc(F)c4)nn23)ccc1C(=O)NC1CC1. The summed E-state index contributed by atoms with van der Waals surface area (Å²) in [5.74, 6) is 0.00761. The average Bonchev–Trinajstić information content (AvgIpc) is 3.56. The summed E-state index contributed by atoms with van der Waals surface area (Å²) in [7, 11) is -3.08. The molecule has 4 aromatic rings. The van der Waals surface area contributed by atoms with E-state index < -0.39 is 15.7 Å². The fourth-order valence-electron chi connectivity index (χ4n) is 4.10. The molecule has 11 heteroatoms. The summed E-state index contributed by atoms with van der Waals surface area (Å²) in [5, 5.41) is 10.8. The number of fused-ring (bicyclic) bond motifs is 1. The molecule has 38 heavy (non-hydrogen) atoms. The number of hydrogen-bond donors (Lipinski definition) is 2. The van der Waals surface area contributed by atoms with Gasteiger partial charge in [-0.2, -0.15) is 0 Å². The van der Waals surface area contributed by atoms with Gasteiger partial charge in [-0.15, -0.1) is 5.10 Å². The van der Waals surface area contributed by atoms with Crippen LogP contribution in [0.25, 0.3) is 16.9 Å². The Kier molecular flexibility index (Phi) is 7.02. The Morgan fingerprint density at radius 1 is 1.18 bits per heavy atom. The zero-order chi connectivity index (χ0) is 26.9. The van der Waals surface area contributed by atoms with Crippen molar-refractivity contribution in [2.24, 2.45) is 0 Å². The van der Waals surface area contributed by atoms with Crippen molar-refractivity contribution >= 4 is 27.1 Å². The molecule has 0 spiro atoms. The number of amides is 1. The molecule has 5 rings (SSSR count). The van der Waals surface area contributed by atoms with Gasteiger partial charge in [-0.1, -0.05) is 12.1 Å². The number of nitrogens with zero attached hydrogens (tertiary/aromatic N) is 3. The summed E-state index contributed by atoms with van der Waals surface area (Å²) in [6.07, 6.45) is 5.31. The Balaban J connectivity index is 1.49. The van der Waals surface area contributed by atoms with Crippen LogP contribution in [0, 0.1) is 12.7 Å². The third-order valence-electron chi connectivity index (χ3n) is 6.15. The molecular formula is C27H28FN5O4S. The number of ether oxygens (including phenoxy) is 1. The first kappa shape index (κ1) is 25.7. The van der Waals surface area contributed by atoms with Crippen LogP contribution in [-0.2, 0) is 9.84 Å². The summed E-state index contributed by atoms with van der Waals surface area (Å²) in [6.45, 7) is 2.27. The van der Waals surface area contributed by atoms with Crippen LogP contribution >= 0.6 is 0 Å². The number of benzene rings is 2. The number of carbonyl (C=O) groups excluding carboxylic acids is 1. The first-order valence-electron chi connectivity index (χ1n) is 12.3. The molecule has 198 valence electrons. The lowest BCUT2D eigenvalue weighted by atomic mass is 10.0. The smallest absolute Gasteiger partial charge is 0.251 e. The second-order valence-corrected chi connectivity index (χ2v) is 11.8. The molecule has 1 aliphatic carbocycles. The molecule has 0 bridgehead atoms. The number of nitrogens with one attached hydrogen (secondary N) is 2. The predicted octanol–water partition coefficient (Wildman–Crippen LogP) is 4.37. The van der Waals surface area contributed by atoms with Crippen LogP contribution < -0.4 is 15.4 Å². The molecule has 2 heterocycles. The van der Waals surface area contributed by atoms with Gasteiger partial charge in [0.05, 0.1) is 23.3 Å². The van der Waals surface area contributed by atoms with E-state index in [9.17, 15) is 17.6 Å². The van der Waals surface area contributed by atoms with E-state index in [1.54, 1.807) is 35.0 Å². The molecule has 2 N–H and O–H groups in total. The molecule has 9 nitrogen and oxygen atoms in total. The van der Waals surface area contributed by atoms with Crippen molar-refractivity contribution in [2.75, 3.05) is 23.9 Å². The number of imidazole rings is 1. The van der Waals surface area contributed by atoms with Gasteiger partial charge >= 0.3 is 0 Å². The van der Waals surface area contributed by atoms with Crippen molar-refractivity contribution in [1.29, 1.82) is 0 Å². The van der Waals surface area contributed by atoms with Crippen LogP contribution in [0.15, 0.2) is 54.7 Å². The largest absolute Gasteiger partial charge is 0.437 e. The number of anilines is 1. The summed E-state index contributed by atoms with van der Waals surface area (Å²) in [6, 6.07) is 13.2. The Morgan fingerprint density at radius 3 is 2.71 bits per heavy atom. The van der Waals surface area contributed by atoms with Crippen molar-refractivity contribution in [3.63, 3.8) is 0 Å². The van der Waals surface area contributed by atoms with Gasteiger partial charge in [0.2, 0.25) is 5.88 Å². The van der Waals surface area contributed by atoms with Crippen LogP contribution in [0.2, 0.25) is 0 Å². The van der Waals surface area contributed by atoms with E-state index in [0.29, 0.717) is 35.6 Å². The zero-order valence-electron chi connectivity index (χ0n) is 21.1. The van der Waals surface area contributed by atoms with Gasteiger partial charge < -0.3 is 15.4 Å². The first-order chi connectivity index (χ1) is 18.2. The van der Waals surface area contributed by atoms with Crippen molar-refractivity contribution in [1.82, 2.24) is 19.9 Å². The second kappa shape index (κ2) is 10.4. The van der Waals surface area contributed by atoms with Gasteiger partial charge in [-0.3, -0.25) is 4.79 Å². The lowest BCUT2D eigenvalue weighted by Crippen LogP contribution is -2.26. The maximum absolute atomic E-state index is 13.7. The summed E-state index contributed by atoms with van der Waals surface area (Å²) in [5.41, 5.74) is 4.01. The van der Waals surface area contributed by atoms with Gasteiger partial charge in [-0.25, -0.2) is 22.3 Å². The number of sulfone groups is 1. The van der Waals surface area contributed by atoms with Gasteiger partial charge in [-0.05, 0) is 56.0 Å². The highest BCUT2D eigenvalue weighted by Crippen LogP contribution is 2.30. The van der Waals surface area contributed by atoms with Crippen molar-refractivity contribution in [2.45, 2.75) is 32.2 Å². The van der Waals surface area contributed by atoms with E-state index in [-0.39, 0.29) is 29.3 Å². The number of aromatic nitrogens is 3. The van der Waals surface area contributed by atoms with E-state index in [1.807, 2.05) is 19.1 Å². The van der Waals surface area contributed by atoms with Crippen molar-refractivity contribution in [3.05, 3.63) is 71.7 Å². The number of aryl methyl sites for hydroxylation is 1. The van der Waals surface area contributed by atoms with Gasteiger partial charge in [0, 0.05) is 42.1 Å². The van der Waals surface area contributed by atoms with Crippen LogP contribution in [0.5, 0.6) is 11.6 Å². The standard InChI is InChI=1S/C27H28FN5O4S/c1-17-13-18(7-10-22(17)27(34)31-20-8-9-20)24-16-30-26-23(29-11-4-12-38(2,35)36)15-25(32-33(24)26)37-21-6-3-5-19(28)14-21/h3,5-7,10,13-16,20,29H,4,8-9,11-12H2,1-2H3,(H,31,34). The molecule has 0 radical (unpaired) electrons. The fourth-order valence-corrected chi connectivity index (χ4v) is 4.77. The molecule has 2 aromatic heterocycles. The lowest BCUT2D eigenvalue weighted by molar-refractivity contribution is 0.0950. The monoisotopic (exact) mass is 537 g/mol. The van der Waals surface area contributed by atoms with Gasteiger partial charge in [0.1, 0.15) is 21.4 Å². The predicted molar refractivity (Wildman–Crippen MR) is 143 cm³/mol. The van der Waals surface area contributed by atoms with Gasteiger partial charge in [0.15, 0.2) is 5.65 Å². The molecule has 0 aliphatic heterocycles. The van der Waals surface area contributed by atoms with E-state index in [2.05, 4.69) is 20.7 Å². The first-order valence-corrected chi connectivity index (χ1v) is 14.4. The van der Waals surface area contributed by atoms with Crippen molar-refractivity contribution in [3.8, 4) is 22.9 Å². The molecule has 0 atom stereocenters. The molecule has 1 saturated carbocycles. The Morgan fingerprint density at radius 2 is 2.00 bits per heavy atom. The maximum atomic E-state index is 13.7. The summed E-state index contributed by atoms with van der Waals surface area (Å²) in [4.78, 5) is 17.1. The topological polar surface area (TPSA) is 115 Å². The van der Waals surface area contributed by atoms with E-state index in [1.165, 1.54) is 18.4 Å². The molecule has 0 unspecified atom stereocenters. The fraction of sp³-hybridized carbons (Fsp3) is 0.296. The Bertz CT molecular complexity index is 1620. The van der Waals surface area contributed by atoms with Gasteiger partial charge in [0.25, 0.3) is 5.91 Å². The third kappa shape index (κ3) is 6.10. The van der Waals surface area contributed by atoms with Crippen LogP contribution in [0.1, 0.15) is 35.2 Å². The Labute approximate surface area is 220 Å². The highest BCUT2D eigenvalue weighted by Gasteiger charge is 2.24. The molecular weight excluding hydrogens is 509 g/mol. The summed E-state index contributed by atoms with van der Waals surface area (Å²) < 4.78 is 44.2. The third-order valence-corrected chi connectivity index (χ3v) is 7.18.